The van der Waals surface area contributed by atoms with Crippen molar-refractivity contribution in [2.45, 2.75) is 13.3 Å². The lowest BCUT2D eigenvalue weighted by Gasteiger charge is -2.15. The highest BCUT2D eigenvalue weighted by molar-refractivity contribution is 7.97. The maximum Gasteiger partial charge on any atom is 0.0398 e. The Balaban J connectivity index is 2.42. The van der Waals surface area contributed by atoms with E-state index in [-0.39, 0.29) is 0 Å². The second kappa shape index (κ2) is 4.41. The van der Waals surface area contributed by atoms with Crippen molar-refractivity contribution in [1.82, 2.24) is 4.31 Å². The molecule has 1 saturated heterocycles. The van der Waals surface area contributed by atoms with Gasteiger partial charge in [-0.15, -0.1) is 0 Å². The number of hydrogen-bond donors (Lipinski definition) is 0. The first kappa shape index (κ1) is 9.46. The van der Waals surface area contributed by atoms with Gasteiger partial charge in [0.2, 0.25) is 0 Å². The van der Waals surface area contributed by atoms with Gasteiger partial charge in [0, 0.05) is 18.0 Å². The van der Waals surface area contributed by atoms with Crippen LogP contribution in [0.3, 0.4) is 0 Å². The summed E-state index contributed by atoms with van der Waals surface area (Å²) in [6.45, 7) is 10.9. The van der Waals surface area contributed by atoms with Crippen LogP contribution < -0.4 is 0 Å². The third-order valence-corrected chi connectivity index (χ3v) is 2.83. The molecule has 0 aromatic carbocycles. The summed E-state index contributed by atoms with van der Waals surface area (Å²) < 4.78 is 2.24. The molecule has 0 radical (unpaired) electrons. The summed E-state index contributed by atoms with van der Waals surface area (Å²) in [5, 5.41) is 0. The van der Waals surface area contributed by atoms with Gasteiger partial charge in [0.25, 0.3) is 0 Å². The Morgan fingerprint density at radius 3 is 2.67 bits per heavy atom. The van der Waals surface area contributed by atoms with Gasteiger partial charge in [0.15, 0.2) is 0 Å². The Bertz CT molecular complexity index is 212. The van der Waals surface area contributed by atoms with Crippen molar-refractivity contribution < 1.29 is 0 Å². The molecule has 0 aromatic rings. The molecule has 12 heavy (non-hydrogen) atoms. The second-order valence-electron chi connectivity index (χ2n) is 2.96. The average Bonchev–Trinajstić information content (AvgIpc) is 2.51. The van der Waals surface area contributed by atoms with E-state index in [1.807, 2.05) is 31.0 Å². The summed E-state index contributed by atoms with van der Waals surface area (Å²) in [6, 6.07) is 0. The highest BCUT2D eigenvalue weighted by Gasteiger charge is 2.11. The van der Waals surface area contributed by atoms with Crippen LogP contribution in [-0.4, -0.2) is 16.6 Å². The Morgan fingerprint density at radius 2 is 2.17 bits per heavy atom. The Morgan fingerprint density at radius 1 is 1.42 bits per heavy atom. The molecule has 0 atom stereocenters. The molecule has 0 amide bonds. The molecule has 0 bridgehead atoms. The van der Waals surface area contributed by atoms with Crippen molar-refractivity contribution in [3.8, 4) is 0 Å². The van der Waals surface area contributed by atoms with Crippen molar-refractivity contribution >= 4 is 11.9 Å². The van der Waals surface area contributed by atoms with Crippen molar-refractivity contribution in [3.05, 3.63) is 36.6 Å². The largest absolute Gasteiger partial charge is 0.317 e. The van der Waals surface area contributed by atoms with Crippen molar-refractivity contribution in [2.75, 3.05) is 12.3 Å². The predicted octanol–water partition coefficient (Wildman–Crippen LogP) is 2.99. The van der Waals surface area contributed by atoms with Gasteiger partial charge in [0.1, 0.15) is 0 Å². The zero-order valence-electron chi connectivity index (χ0n) is 7.55. The standard InChI is InChI=1S/C10H15NS/c1-9(2)5-6-10(3)11-7-4-8-12-11/h5-6H,1,3-4,7-8H2,2H3/b6-5-. The molecule has 1 nitrogen and oxygen atoms in total. The van der Waals surface area contributed by atoms with Crippen LogP contribution in [0.2, 0.25) is 0 Å². The van der Waals surface area contributed by atoms with Crippen molar-refractivity contribution in [3.63, 3.8) is 0 Å². The lowest BCUT2D eigenvalue weighted by atomic mass is 10.3. The van der Waals surface area contributed by atoms with Crippen LogP contribution in [-0.2, 0) is 0 Å². The zero-order valence-corrected chi connectivity index (χ0v) is 8.36. The van der Waals surface area contributed by atoms with Gasteiger partial charge >= 0.3 is 0 Å². The molecule has 1 aliphatic heterocycles. The molecular weight excluding hydrogens is 166 g/mol. The molecule has 0 unspecified atom stereocenters. The maximum absolute atomic E-state index is 3.99. The molecule has 0 N–H and O–H groups in total. The number of hydrogen-bond acceptors (Lipinski definition) is 2. The molecule has 0 aliphatic carbocycles. The molecular formula is C10H15NS. The van der Waals surface area contributed by atoms with Gasteiger partial charge in [-0.1, -0.05) is 24.8 Å². The van der Waals surface area contributed by atoms with E-state index in [1.54, 1.807) is 0 Å². The minimum atomic E-state index is 1.07. The van der Waals surface area contributed by atoms with E-state index in [1.165, 1.54) is 12.2 Å². The Hall–Kier alpha value is -0.630. The summed E-state index contributed by atoms with van der Waals surface area (Å²) >= 11 is 1.86. The van der Waals surface area contributed by atoms with E-state index < -0.39 is 0 Å². The summed E-state index contributed by atoms with van der Waals surface area (Å²) in [6.07, 6.45) is 5.30. The Kier molecular flexibility index (Phi) is 3.48. The van der Waals surface area contributed by atoms with E-state index in [0.717, 1.165) is 17.8 Å². The topological polar surface area (TPSA) is 3.24 Å². The minimum absolute atomic E-state index is 1.07. The van der Waals surface area contributed by atoms with Crippen LogP contribution >= 0.6 is 11.9 Å². The molecule has 0 spiro atoms. The molecule has 1 rings (SSSR count). The zero-order chi connectivity index (χ0) is 8.97. The maximum atomic E-state index is 3.99. The molecule has 66 valence electrons. The van der Waals surface area contributed by atoms with Crippen molar-refractivity contribution in [2.24, 2.45) is 0 Å². The van der Waals surface area contributed by atoms with E-state index >= 15 is 0 Å². The average molecular weight is 181 g/mol. The minimum Gasteiger partial charge on any atom is -0.317 e. The third-order valence-electron chi connectivity index (χ3n) is 1.63. The van der Waals surface area contributed by atoms with E-state index in [2.05, 4.69) is 17.5 Å². The molecule has 1 fully saturated rings. The number of rotatable bonds is 3. The summed E-state index contributed by atoms with van der Waals surface area (Å²) in [5.41, 5.74) is 2.15. The summed E-state index contributed by atoms with van der Waals surface area (Å²) in [5.74, 6) is 1.22. The van der Waals surface area contributed by atoms with E-state index in [9.17, 15) is 0 Å². The molecule has 1 heterocycles. The van der Waals surface area contributed by atoms with Gasteiger partial charge in [-0.05, 0) is 31.4 Å². The lowest BCUT2D eigenvalue weighted by molar-refractivity contribution is 0.620. The fourth-order valence-corrected chi connectivity index (χ4v) is 1.96. The van der Waals surface area contributed by atoms with Crippen LogP contribution in [0.15, 0.2) is 36.6 Å². The number of nitrogens with zero attached hydrogens (tertiary/aromatic N) is 1. The first-order valence-corrected chi connectivity index (χ1v) is 5.07. The fraction of sp³-hybridized carbons (Fsp3) is 0.400. The highest BCUT2D eigenvalue weighted by atomic mass is 32.2. The third kappa shape index (κ3) is 2.78. The van der Waals surface area contributed by atoms with Gasteiger partial charge in [-0.3, -0.25) is 0 Å². The molecule has 1 aliphatic rings. The van der Waals surface area contributed by atoms with E-state index in [0.29, 0.717) is 0 Å². The van der Waals surface area contributed by atoms with Gasteiger partial charge < -0.3 is 4.31 Å². The fourth-order valence-electron chi connectivity index (χ4n) is 0.996. The smallest absolute Gasteiger partial charge is 0.0398 e. The first-order valence-electron chi connectivity index (χ1n) is 4.13. The van der Waals surface area contributed by atoms with Crippen LogP contribution in [0.25, 0.3) is 0 Å². The van der Waals surface area contributed by atoms with Gasteiger partial charge in [-0.25, -0.2) is 0 Å². The second-order valence-corrected chi connectivity index (χ2v) is 4.07. The van der Waals surface area contributed by atoms with Crippen LogP contribution in [0.1, 0.15) is 13.3 Å². The predicted molar refractivity (Wildman–Crippen MR) is 56.9 cm³/mol. The quantitative estimate of drug-likeness (QED) is 0.486. The van der Waals surface area contributed by atoms with E-state index in [4.69, 9.17) is 0 Å². The van der Waals surface area contributed by atoms with Gasteiger partial charge in [0.05, 0.1) is 0 Å². The highest BCUT2D eigenvalue weighted by Crippen LogP contribution is 2.24. The van der Waals surface area contributed by atoms with Crippen LogP contribution in [0.4, 0.5) is 0 Å². The molecule has 0 aromatic heterocycles. The van der Waals surface area contributed by atoms with Crippen LogP contribution in [0.5, 0.6) is 0 Å². The summed E-state index contributed by atoms with van der Waals surface area (Å²) in [4.78, 5) is 0. The van der Waals surface area contributed by atoms with Crippen molar-refractivity contribution in [1.29, 1.82) is 0 Å². The SMILES string of the molecule is C=C(C)/C=C\C(=C)N1CCCS1. The summed E-state index contributed by atoms with van der Waals surface area (Å²) in [7, 11) is 0. The van der Waals surface area contributed by atoms with Crippen LogP contribution in [0, 0.1) is 0 Å². The first-order chi connectivity index (χ1) is 5.70. The number of allylic oxidation sites excluding steroid dienone is 3. The monoisotopic (exact) mass is 181 g/mol. The molecule has 0 saturated carbocycles. The Labute approximate surface area is 79.0 Å². The normalized spacial score (nSPS) is 17.2. The molecule has 2 heteroatoms. The lowest BCUT2D eigenvalue weighted by Crippen LogP contribution is -2.07. The van der Waals surface area contributed by atoms with Gasteiger partial charge in [-0.2, -0.15) is 0 Å².